The number of hydrogen-bond acceptors (Lipinski definition) is 5. The molecule has 0 aromatic heterocycles. The van der Waals surface area contributed by atoms with Gasteiger partial charge in [-0.05, 0) is 30.5 Å². The van der Waals surface area contributed by atoms with Crippen LogP contribution >= 0.6 is 0 Å². The van der Waals surface area contributed by atoms with Crippen molar-refractivity contribution in [2.24, 2.45) is 5.92 Å². The van der Waals surface area contributed by atoms with Gasteiger partial charge in [0.05, 0.1) is 18.8 Å². The van der Waals surface area contributed by atoms with Gasteiger partial charge in [-0.15, -0.1) is 0 Å². The second kappa shape index (κ2) is 9.75. The van der Waals surface area contributed by atoms with Gasteiger partial charge in [-0.25, -0.2) is 0 Å². The Balaban J connectivity index is 1.91. The summed E-state index contributed by atoms with van der Waals surface area (Å²) in [6, 6.07) is 7.67. The molecule has 1 heterocycles. The van der Waals surface area contributed by atoms with Gasteiger partial charge < -0.3 is 20.3 Å². The Kier molecular flexibility index (Phi) is 7.68. The number of nitrogens with one attached hydrogen (secondary N) is 1. The highest BCUT2D eigenvalue weighted by molar-refractivity contribution is 5.78. The van der Waals surface area contributed by atoms with Crippen molar-refractivity contribution in [2.75, 3.05) is 26.3 Å². The summed E-state index contributed by atoms with van der Waals surface area (Å²) in [7, 11) is 0. The number of aliphatic hydroxyl groups is 2. The Labute approximate surface area is 149 Å². The van der Waals surface area contributed by atoms with Crippen molar-refractivity contribution in [3.63, 3.8) is 0 Å². The zero-order chi connectivity index (χ0) is 18.2. The normalized spacial score (nSPS) is 21.8. The Morgan fingerprint density at radius 1 is 1.36 bits per heavy atom. The minimum Gasteiger partial charge on any atom is -0.491 e. The molecule has 0 spiro atoms. The Morgan fingerprint density at radius 3 is 2.84 bits per heavy atom. The number of aliphatic hydroxyl groups excluding tert-OH is 2. The van der Waals surface area contributed by atoms with E-state index in [1.165, 1.54) is 0 Å². The van der Waals surface area contributed by atoms with E-state index in [-0.39, 0.29) is 31.1 Å². The minimum absolute atomic E-state index is 0.00226. The molecule has 0 saturated carbocycles. The molecule has 0 aliphatic carbocycles. The van der Waals surface area contributed by atoms with Gasteiger partial charge in [0.1, 0.15) is 12.4 Å². The number of carbonyl (C=O) groups excluding carboxylic acids is 1. The second-order valence-electron chi connectivity index (χ2n) is 6.91. The number of rotatable bonds is 7. The highest BCUT2D eigenvalue weighted by Gasteiger charge is 2.26. The van der Waals surface area contributed by atoms with Gasteiger partial charge in [0, 0.05) is 25.6 Å². The molecule has 0 bridgehead atoms. The first kappa shape index (κ1) is 19.7. The number of carbonyl (C=O) groups is 1. The summed E-state index contributed by atoms with van der Waals surface area (Å²) < 4.78 is 5.45. The van der Waals surface area contributed by atoms with E-state index < -0.39 is 6.10 Å². The first-order valence-electron chi connectivity index (χ1n) is 9.03. The number of likely N-dealkylation sites (tertiary alicyclic amines) is 1. The predicted octanol–water partition coefficient (Wildman–Crippen LogP) is 1.16. The molecule has 6 heteroatoms. The van der Waals surface area contributed by atoms with Gasteiger partial charge in [-0.1, -0.05) is 26.0 Å². The summed E-state index contributed by atoms with van der Waals surface area (Å²) in [5.41, 5.74) is 1.13. The molecule has 3 N–H and O–H groups in total. The van der Waals surface area contributed by atoms with E-state index >= 15 is 0 Å². The lowest BCUT2D eigenvalue weighted by Gasteiger charge is -2.22. The Hall–Kier alpha value is -1.63. The monoisotopic (exact) mass is 350 g/mol. The van der Waals surface area contributed by atoms with Crippen molar-refractivity contribution in [3.8, 4) is 5.75 Å². The van der Waals surface area contributed by atoms with Crippen molar-refractivity contribution < 1.29 is 19.7 Å². The quantitative estimate of drug-likeness (QED) is 0.687. The van der Waals surface area contributed by atoms with Crippen molar-refractivity contribution >= 4 is 5.91 Å². The van der Waals surface area contributed by atoms with E-state index in [0.717, 1.165) is 37.4 Å². The lowest BCUT2D eigenvalue weighted by molar-refractivity contribution is -0.125. The fourth-order valence-corrected chi connectivity index (χ4v) is 2.97. The summed E-state index contributed by atoms with van der Waals surface area (Å²) in [6.45, 7) is 6.38. The van der Waals surface area contributed by atoms with Crippen molar-refractivity contribution in [2.45, 2.75) is 45.4 Å². The fraction of sp³-hybridized carbons (Fsp3) is 0.632. The zero-order valence-electron chi connectivity index (χ0n) is 15.1. The minimum atomic E-state index is -0.507. The molecule has 1 fully saturated rings. The third kappa shape index (κ3) is 6.30. The van der Waals surface area contributed by atoms with Gasteiger partial charge in [0.15, 0.2) is 0 Å². The summed E-state index contributed by atoms with van der Waals surface area (Å²) in [4.78, 5) is 14.2. The van der Waals surface area contributed by atoms with Gasteiger partial charge >= 0.3 is 0 Å². The molecule has 1 aromatic carbocycles. The van der Waals surface area contributed by atoms with Gasteiger partial charge in [0.2, 0.25) is 5.91 Å². The topological polar surface area (TPSA) is 82.0 Å². The molecular weight excluding hydrogens is 320 g/mol. The molecule has 25 heavy (non-hydrogen) atoms. The van der Waals surface area contributed by atoms with Crippen LogP contribution < -0.4 is 10.1 Å². The standard InChI is InChI=1S/C19H30N2O4/c1-14(2)19(24)20-17-6-8-21(9-7-18(17)23)13-15-4-3-5-16(12-15)25-11-10-22/h3-5,12,14,17-18,22-23H,6-11,13H2,1-2H3,(H,20,24)/t17-,18-/m0/s1. The van der Waals surface area contributed by atoms with Crippen LogP contribution in [-0.2, 0) is 11.3 Å². The van der Waals surface area contributed by atoms with E-state index in [1.54, 1.807) is 0 Å². The molecule has 0 radical (unpaired) electrons. The zero-order valence-corrected chi connectivity index (χ0v) is 15.1. The Morgan fingerprint density at radius 2 is 2.12 bits per heavy atom. The average molecular weight is 350 g/mol. The number of amides is 1. The van der Waals surface area contributed by atoms with Crippen LogP contribution in [0.5, 0.6) is 5.75 Å². The molecule has 1 amide bonds. The molecule has 1 aliphatic heterocycles. The number of ether oxygens (including phenoxy) is 1. The van der Waals surface area contributed by atoms with Crippen LogP contribution in [0.4, 0.5) is 0 Å². The first-order valence-corrected chi connectivity index (χ1v) is 9.03. The highest BCUT2D eigenvalue weighted by atomic mass is 16.5. The second-order valence-corrected chi connectivity index (χ2v) is 6.91. The molecule has 1 aliphatic rings. The predicted molar refractivity (Wildman–Crippen MR) is 96.3 cm³/mol. The molecule has 2 rings (SSSR count). The maximum Gasteiger partial charge on any atom is 0.222 e. The summed E-state index contributed by atoms with van der Waals surface area (Å²) in [5, 5.41) is 22.1. The van der Waals surface area contributed by atoms with Crippen LogP contribution in [-0.4, -0.2) is 59.5 Å². The molecule has 140 valence electrons. The maximum absolute atomic E-state index is 11.9. The third-order valence-electron chi connectivity index (χ3n) is 4.48. The summed E-state index contributed by atoms with van der Waals surface area (Å²) >= 11 is 0. The van der Waals surface area contributed by atoms with Gasteiger partial charge in [-0.2, -0.15) is 0 Å². The third-order valence-corrected chi connectivity index (χ3v) is 4.48. The lowest BCUT2D eigenvalue weighted by atomic mass is 10.1. The molecule has 0 unspecified atom stereocenters. The van der Waals surface area contributed by atoms with Crippen molar-refractivity contribution in [1.29, 1.82) is 0 Å². The summed E-state index contributed by atoms with van der Waals surface area (Å²) in [6.07, 6.45) is 0.872. The van der Waals surface area contributed by atoms with Crippen LogP contribution in [0.2, 0.25) is 0 Å². The number of hydrogen-bond donors (Lipinski definition) is 3. The van der Waals surface area contributed by atoms with E-state index in [9.17, 15) is 9.90 Å². The van der Waals surface area contributed by atoms with Crippen LogP contribution in [0.3, 0.4) is 0 Å². The molecule has 6 nitrogen and oxygen atoms in total. The molecule has 1 saturated heterocycles. The number of benzene rings is 1. The Bertz CT molecular complexity index is 550. The van der Waals surface area contributed by atoms with Crippen molar-refractivity contribution in [1.82, 2.24) is 10.2 Å². The molecule has 2 atom stereocenters. The lowest BCUT2D eigenvalue weighted by Crippen LogP contribution is -2.44. The SMILES string of the molecule is CC(C)C(=O)N[C@H]1CCN(Cc2cccc(OCCO)c2)CC[C@@H]1O. The van der Waals surface area contributed by atoms with Crippen LogP contribution in [0.1, 0.15) is 32.3 Å². The fourth-order valence-electron chi connectivity index (χ4n) is 2.97. The first-order chi connectivity index (χ1) is 12.0. The van der Waals surface area contributed by atoms with Crippen LogP contribution in [0.15, 0.2) is 24.3 Å². The van der Waals surface area contributed by atoms with Crippen LogP contribution in [0, 0.1) is 5.92 Å². The molecule has 1 aromatic rings. The maximum atomic E-state index is 11.9. The van der Waals surface area contributed by atoms with E-state index in [1.807, 2.05) is 38.1 Å². The smallest absolute Gasteiger partial charge is 0.222 e. The average Bonchev–Trinajstić information content (AvgIpc) is 2.76. The molecular formula is C19H30N2O4. The van der Waals surface area contributed by atoms with Crippen molar-refractivity contribution in [3.05, 3.63) is 29.8 Å². The van der Waals surface area contributed by atoms with E-state index in [2.05, 4.69) is 10.2 Å². The van der Waals surface area contributed by atoms with E-state index in [4.69, 9.17) is 9.84 Å². The van der Waals surface area contributed by atoms with Crippen LogP contribution in [0.25, 0.3) is 0 Å². The highest BCUT2D eigenvalue weighted by Crippen LogP contribution is 2.18. The number of nitrogens with zero attached hydrogens (tertiary/aromatic N) is 1. The van der Waals surface area contributed by atoms with Gasteiger partial charge in [0.25, 0.3) is 0 Å². The van der Waals surface area contributed by atoms with E-state index in [0.29, 0.717) is 6.42 Å². The summed E-state index contributed by atoms with van der Waals surface area (Å²) in [5.74, 6) is 0.669. The largest absolute Gasteiger partial charge is 0.491 e. The van der Waals surface area contributed by atoms with Gasteiger partial charge in [-0.3, -0.25) is 9.69 Å².